The van der Waals surface area contributed by atoms with E-state index in [4.69, 9.17) is 5.11 Å². The first-order valence-electron chi connectivity index (χ1n) is 2.39. The van der Waals surface area contributed by atoms with Crippen molar-refractivity contribution in [1.29, 1.82) is 0 Å². The number of aliphatic hydroxyl groups excluding tert-OH is 1. The topological polar surface area (TPSA) is 20.2 Å². The van der Waals surface area contributed by atoms with Gasteiger partial charge in [-0.05, 0) is 12.2 Å². The normalized spacial score (nSPS) is 15.0. The van der Waals surface area contributed by atoms with Crippen molar-refractivity contribution in [2.24, 2.45) is 5.92 Å². The maximum Gasteiger partial charge on any atom is 0.101 e. The van der Waals surface area contributed by atoms with Crippen LogP contribution in [0.3, 0.4) is 0 Å². The molecule has 0 aliphatic heterocycles. The van der Waals surface area contributed by atoms with E-state index in [2.05, 4.69) is 0 Å². The van der Waals surface area contributed by atoms with E-state index in [0.29, 0.717) is 5.92 Å². The second kappa shape index (κ2) is 3.33. The summed E-state index contributed by atoms with van der Waals surface area (Å²) in [6.45, 7) is 4.00. The molecule has 0 aromatic carbocycles. The Balaban J connectivity index is 3.14. The third kappa shape index (κ3) is 2.94. The van der Waals surface area contributed by atoms with E-state index in [1.54, 1.807) is 0 Å². The van der Waals surface area contributed by atoms with E-state index in [-0.39, 0.29) is 5.44 Å². The molecule has 1 atom stereocenters. The summed E-state index contributed by atoms with van der Waals surface area (Å²) in [4.78, 5) is 0. The highest BCUT2D eigenvalue weighted by atomic mass is 32.2. The van der Waals surface area contributed by atoms with Crippen LogP contribution in [0.2, 0.25) is 0 Å². The monoisotopic (exact) mass is 120 g/mol. The van der Waals surface area contributed by atoms with Crippen LogP contribution in [0.5, 0.6) is 0 Å². The molecule has 1 unspecified atom stereocenters. The first-order chi connectivity index (χ1) is 3.18. The molecule has 0 fully saturated rings. The molecular formula is C5H12OS. The number of hydrogen-bond donors (Lipinski definition) is 1. The van der Waals surface area contributed by atoms with Crippen LogP contribution in [0.4, 0.5) is 0 Å². The van der Waals surface area contributed by atoms with Gasteiger partial charge >= 0.3 is 0 Å². The van der Waals surface area contributed by atoms with Crippen molar-refractivity contribution < 1.29 is 5.11 Å². The van der Waals surface area contributed by atoms with E-state index >= 15 is 0 Å². The van der Waals surface area contributed by atoms with Gasteiger partial charge in [0.25, 0.3) is 0 Å². The van der Waals surface area contributed by atoms with Gasteiger partial charge in [-0.3, -0.25) is 0 Å². The number of aliphatic hydroxyl groups is 1. The van der Waals surface area contributed by atoms with Gasteiger partial charge in [0.1, 0.15) is 5.44 Å². The highest BCUT2D eigenvalue weighted by Crippen LogP contribution is 2.11. The molecule has 0 aliphatic rings. The summed E-state index contributed by atoms with van der Waals surface area (Å²) in [6, 6.07) is 0. The van der Waals surface area contributed by atoms with Crippen molar-refractivity contribution in [3.05, 3.63) is 0 Å². The van der Waals surface area contributed by atoms with Crippen LogP contribution in [0.15, 0.2) is 0 Å². The fourth-order valence-electron chi connectivity index (χ4n) is 0.272. The van der Waals surface area contributed by atoms with E-state index in [1.165, 1.54) is 11.8 Å². The van der Waals surface area contributed by atoms with Crippen LogP contribution in [0.25, 0.3) is 0 Å². The van der Waals surface area contributed by atoms with Crippen LogP contribution < -0.4 is 0 Å². The predicted octanol–water partition coefficient (Wildman–Crippen LogP) is 1.32. The average Bonchev–Trinajstić information content (AvgIpc) is 1.65. The minimum absolute atomic E-state index is 0.181. The maximum absolute atomic E-state index is 8.90. The molecular weight excluding hydrogens is 108 g/mol. The van der Waals surface area contributed by atoms with Crippen LogP contribution in [-0.2, 0) is 0 Å². The Hall–Kier alpha value is 0.310. The zero-order valence-corrected chi connectivity index (χ0v) is 5.83. The molecule has 0 aliphatic carbocycles. The predicted molar refractivity (Wildman–Crippen MR) is 34.4 cm³/mol. The Morgan fingerprint density at radius 1 is 1.43 bits per heavy atom. The maximum atomic E-state index is 8.90. The van der Waals surface area contributed by atoms with Gasteiger partial charge in [-0.15, -0.1) is 11.8 Å². The largest absolute Gasteiger partial charge is 0.382 e. The van der Waals surface area contributed by atoms with Crippen LogP contribution in [0.1, 0.15) is 13.8 Å². The first-order valence-corrected chi connectivity index (χ1v) is 3.68. The molecule has 1 N–H and O–H groups in total. The van der Waals surface area contributed by atoms with Crippen molar-refractivity contribution in [2.75, 3.05) is 6.26 Å². The molecule has 0 aromatic rings. The van der Waals surface area contributed by atoms with Crippen LogP contribution >= 0.6 is 11.8 Å². The summed E-state index contributed by atoms with van der Waals surface area (Å²) < 4.78 is 0. The molecule has 2 heteroatoms. The molecule has 0 radical (unpaired) electrons. The molecule has 7 heavy (non-hydrogen) atoms. The van der Waals surface area contributed by atoms with Crippen molar-refractivity contribution in [1.82, 2.24) is 0 Å². The lowest BCUT2D eigenvalue weighted by molar-refractivity contribution is 0.212. The molecule has 0 aromatic heterocycles. The zero-order chi connectivity index (χ0) is 5.86. The van der Waals surface area contributed by atoms with Crippen molar-refractivity contribution in [3.8, 4) is 0 Å². The van der Waals surface area contributed by atoms with E-state index < -0.39 is 0 Å². The van der Waals surface area contributed by atoms with Gasteiger partial charge in [0.05, 0.1) is 0 Å². The number of rotatable bonds is 2. The molecule has 0 bridgehead atoms. The van der Waals surface area contributed by atoms with Gasteiger partial charge in [-0.2, -0.15) is 0 Å². The second-order valence-corrected chi connectivity index (χ2v) is 2.82. The molecule has 44 valence electrons. The lowest BCUT2D eigenvalue weighted by atomic mass is 10.2. The molecule has 0 heterocycles. The fourth-order valence-corrected chi connectivity index (χ4v) is 0.816. The summed E-state index contributed by atoms with van der Waals surface area (Å²) in [7, 11) is 0. The lowest BCUT2D eigenvalue weighted by Gasteiger charge is -2.08. The van der Waals surface area contributed by atoms with Gasteiger partial charge in [0, 0.05) is 0 Å². The van der Waals surface area contributed by atoms with Gasteiger partial charge in [0.2, 0.25) is 0 Å². The smallest absolute Gasteiger partial charge is 0.101 e. The highest BCUT2D eigenvalue weighted by Gasteiger charge is 2.03. The number of hydrogen-bond acceptors (Lipinski definition) is 2. The Bertz CT molecular complexity index is 45.3. The van der Waals surface area contributed by atoms with Crippen LogP contribution in [0, 0.1) is 5.92 Å². The third-order valence-electron chi connectivity index (χ3n) is 0.812. The Morgan fingerprint density at radius 2 is 1.86 bits per heavy atom. The molecule has 0 saturated carbocycles. The quantitative estimate of drug-likeness (QED) is 0.555. The third-order valence-corrected chi connectivity index (χ3v) is 1.84. The Kier molecular flexibility index (Phi) is 3.48. The fraction of sp³-hybridized carbons (Fsp3) is 1.00. The van der Waals surface area contributed by atoms with Gasteiger partial charge in [-0.1, -0.05) is 13.8 Å². The second-order valence-electron chi connectivity index (χ2n) is 1.87. The van der Waals surface area contributed by atoms with Gasteiger partial charge in [0.15, 0.2) is 0 Å². The Labute approximate surface area is 49.1 Å². The standard InChI is InChI=1S/C5H12OS/c1-4(2)5(6)7-3/h4-6H,1-3H3. The van der Waals surface area contributed by atoms with Gasteiger partial charge < -0.3 is 5.11 Å². The summed E-state index contributed by atoms with van der Waals surface area (Å²) in [5.74, 6) is 0.384. The van der Waals surface area contributed by atoms with Crippen molar-refractivity contribution in [3.63, 3.8) is 0 Å². The van der Waals surface area contributed by atoms with Crippen molar-refractivity contribution >= 4 is 11.8 Å². The van der Waals surface area contributed by atoms with E-state index in [0.717, 1.165) is 0 Å². The van der Waals surface area contributed by atoms with Gasteiger partial charge in [-0.25, -0.2) is 0 Å². The molecule has 0 amide bonds. The number of thioether (sulfide) groups is 1. The first kappa shape index (κ1) is 7.31. The van der Waals surface area contributed by atoms with E-state index in [9.17, 15) is 0 Å². The minimum atomic E-state index is -0.181. The summed E-state index contributed by atoms with van der Waals surface area (Å²) >= 11 is 1.49. The summed E-state index contributed by atoms with van der Waals surface area (Å²) in [6.07, 6.45) is 1.91. The lowest BCUT2D eigenvalue weighted by Crippen LogP contribution is -2.07. The highest BCUT2D eigenvalue weighted by molar-refractivity contribution is 7.99. The summed E-state index contributed by atoms with van der Waals surface area (Å²) in [5.41, 5.74) is -0.181. The summed E-state index contributed by atoms with van der Waals surface area (Å²) in [5, 5.41) is 8.90. The van der Waals surface area contributed by atoms with Crippen molar-refractivity contribution in [2.45, 2.75) is 19.3 Å². The average molecular weight is 120 g/mol. The van der Waals surface area contributed by atoms with Crippen LogP contribution in [-0.4, -0.2) is 16.8 Å². The SMILES string of the molecule is CSC(O)C(C)C. The Morgan fingerprint density at radius 3 is 1.86 bits per heavy atom. The molecule has 0 saturated heterocycles. The zero-order valence-electron chi connectivity index (χ0n) is 5.01. The molecule has 0 rings (SSSR count). The van der Waals surface area contributed by atoms with E-state index in [1.807, 2.05) is 20.1 Å². The molecule has 0 spiro atoms. The molecule has 1 nitrogen and oxygen atoms in total. The minimum Gasteiger partial charge on any atom is -0.382 e.